The van der Waals surface area contributed by atoms with E-state index in [0.717, 1.165) is 5.56 Å². The molecule has 0 aliphatic carbocycles. The van der Waals surface area contributed by atoms with Crippen LogP contribution in [-0.4, -0.2) is 65.8 Å². The maximum Gasteiger partial charge on any atom is 0.343 e. The van der Waals surface area contributed by atoms with Crippen LogP contribution in [0.4, 0.5) is 0 Å². The second-order valence-corrected chi connectivity index (χ2v) is 12.9. The Morgan fingerprint density at radius 3 is 2.10 bits per heavy atom. The molecule has 1 heterocycles. The molecule has 0 bridgehead atoms. The number of methoxy groups -OCH3 is 3. The first-order valence-electron chi connectivity index (χ1n) is 15.0. The van der Waals surface area contributed by atoms with E-state index in [9.17, 15) is 18.0 Å². The molecule has 0 amide bonds. The first-order valence-corrected chi connectivity index (χ1v) is 16.5. The van der Waals surface area contributed by atoms with Crippen molar-refractivity contribution in [3.63, 3.8) is 0 Å². The lowest BCUT2D eigenvalue weighted by Crippen LogP contribution is -2.58. The molecule has 12 heteroatoms. The quantitative estimate of drug-likeness (QED) is 0.198. The number of rotatable bonds is 13. The van der Waals surface area contributed by atoms with Crippen LogP contribution >= 0.6 is 0 Å². The van der Waals surface area contributed by atoms with Gasteiger partial charge in [-0.25, -0.2) is 27.7 Å². The summed E-state index contributed by atoms with van der Waals surface area (Å²) >= 11 is 0. The smallest absolute Gasteiger partial charge is 0.343 e. The van der Waals surface area contributed by atoms with Crippen LogP contribution in [0.1, 0.15) is 32.6 Å². The highest BCUT2D eigenvalue weighted by Gasteiger charge is 2.54. The lowest BCUT2D eigenvalue weighted by molar-refractivity contribution is -0.140. The van der Waals surface area contributed by atoms with Crippen molar-refractivity contribution in [1.29, 1.82) is 0 Å². The Kier molecular flexibility index (Phi) is 10.2. The topological polar surface area (TPSA) is 139 Å². The summed E-state index contributed by atoms with van der Waals surface area (Å²) in [7, 11) is 0.0497. The van der Waals surface area contributed by atoms with E-state index >= 15 is 0 Å². The summed E-state index contributed by atoms with van der Waals surface area (Å²) < 4.78 is 58.8. The maximum absolute atomic E-state index is 14.2. The van der Waals surface area contributed by atoms with E-state index in [1.807, 2.05) is 6.07 Å². The minimum absolute atomic E-state index is 0.0111. The monoisotopic (exact) mass is 672 g/mol. The lowest BCUT2D eigenvalue weighted by Gasteiger charge is -2.32. The molecule has 48 heavy (non-hydrogen) atoms. The third-order valence-corrected chi connectivity index (χ3v) is 9.58. The molecule has 1 N–H and O–H groups in total. The molecule has 1 aliphatic heterocycles. The van der Waals surface area contributed by atoms with Crippen LogP contribution in [0.3, 0.4) is 0 Å². The highest BCUT2D eigenvalue weighted by Crippen LogP contribution is 2.40. The van der Waals surface area contributed by atoms with Gasteiger partial charge < -0.3 is 23.7 Å². The van der Waals surface area contributed by atoms with E-state index in [1.54, 1.807) is 92.7 Å². The van der Waals surface area contributed by atoms with Crippen molar-refractivity contribution in [3.8, 4) is 17.2 Å². The van der Waals surface area contributed by atoms with Gasteiger partial charge in [0, 0.05) is 12.0 Å². The van der Waals surface area contributed by atoms with E-state index in [-0.39, 0.29) is 34.3 Å². The number of benzene rings is 4. The number of aliphatic imine (C=N–C) groups is 1. The van der Waals surface area contributed by atoms with Gasteiger partial charge in [-0.1, -0.05) is 60.7 Å². The maximum atomic E-state index is 14.2. The van der Waals surface area contributed by atoms with E-state index in [1.165, 1.54) is 27.4 Å². The standard InChI is InChI=1S/C36H36N2O9S/c1-23-16-17-24(2)30(18-23)48(41,42)38-31(22-46-34(39)26-14-10-7-11-15-26)36(21-25-12-8-6-9-13-25)35(40)47-33(37-36)27-19-28(43-3)32(45-5)29(20-27)44-4/h6-20,31,38H,21-22H2,1-5H3. The van der Waals surface area contributed by atoms with Crippen LogP contribution < -0.4 is 18.9 Å². The average molecular weight is 673 g/mol. The summed E-state index contributed by atoms with van der Waals surface area (Å²) in [6, 6.07) is 24.0. The molecule has 4 aromatic carbocycles. The number of sulfonamides is 1. The molecular weight excluding hydrogens is 636 g/mol. The van der Waals surface area contributed by atoms with Crippen LogP contribution in [0, 0.1) is 13.8 Å². The van der Waals surface area contributed by atoms with Crippen LogP contribution in [0.25, 0.3) is 0 Å². The fourth-order valence-corrected chi connectivity index (χ4v) is 7.05. The number of hydrogen-bond donors (Lipinski definition) is 1. The number of cyclic esters (lactones) is 1. The van der Waals surface area contributed by atoms with Gasteiger partial charge in [0.25, 0.3) is 0 Å². The third kappa shape index (κ3) is 7.04. The minimum Gasteiger partial charge on any atom is -0.493 e. The molecule has 0 fully saturated rings. The number of carbonyl (C=O) groups is 2. The summed E-state index contributed by atoms with van der Waals surface area (Å²) in [5, 5.41) is 0. The third-order valence-electron chi connectivity index (χ3n) is 7.97. The van der Waals surface area contributed by atoms with Gasteiger partial charge in [0.1, 0.15) is 6.61 Å². The van der Waals surface area contributed by atoms with Crippen molar-refractivity contribution < 1.29 is 41.7 Å². The predicted octanol–water partition coefficient (Wildman–Crippen LogP) is 4.82. The zero-order chi connectivity index (χ0) is 34.5. The van der Waals surface area contributed by atoms with Crippen LogP contribution in [0.5, 0.6) is 17.2 Å². The zero-order valence-electron chi connectivity index (χ0n) is 27.2. The Morgan fingerprint density at radius 2 is 1.50 bits per heavy atom. The summed E-state index contributed by atoms with van der Waals surface area (Å²) in [4.78, 5) is 32.2. The van der Waals surface area contributed by atoms with Gasteiger partial charge in [0.2, 0.25) is 21.7 Å². The van der Waals surface area contributed by atoms with E-state index < -0.39 is 40.1 Å². The van der Waals surface area contributed by atoms with Crippen molar-refractivity contribution in [2.45, 2.75) is 36.7 Å². The molecule has 0 saturated heterocycles. The molecule has 2 unspecified atom stereocenters. The van der Waals surface area contributed by atoms with Crippen molar-refractivity contribution in [2.24, 2.45) is 4.99 Å². The number of hydrogen-bond acceptors (Lipinski definition) is 10. The fourth-order valence-electron chi connectivity index (χ4n) is 5.45. The Morgan fingerprint density at radius 1 is 0.875 bits per heavy atom. The molecule has 2 atom stereocenters. The Hall–Kier alpha value is -5.20. The van der Waals surface area contributed by atoms with Crippen LogP contribution in [0.2, 0.25) is 0 Å². The minimum atomic E-state index is -4.30. The van der Waals surface area contributed by atoms with Crippen LogP contribution in [-0.2, 0) is 30.7 Å². The summed E-state index contributed by atoms with van der Waals surface area (Å²) in [5.41, 5.74) is 0.510. The highest BCUT2D eigenvalue weighted by atomic mass is 32.2. The summed E-state index contributed by atoms with van der Waals surface area (Å²) in [5.74, 6) is -0.775. The molecule has 0 spiro atoms. The van der Waals surface area contributed by atoms with Crippen molar-refractivity contribution in [3.05, 3.63) is 119 Å². The molecule has 250 valence electrons. The first kappa shape index (κ1) is 34.1. The Labute approximate surface area is 279 Å². The Bertz CT molecular complexity index is 1920. The number of aryl methyl sites for hydroxylation is 2. The summed E-state index contributed by atoms with van der Waals surface area (Å²) in [6.45, 7) is 2.89. The number of nitrogens with zero attached hydrogens (tertiary/aromatic N) is 1. The number of ether oxygens (including phenoxy) is 5. The average Bonchev–Trinajstić information content (AvgIpc) is 3.43. The van der Waals surface area contributed by atoms with Crippen LogP contribution in [0.15, 0.2) is 101 Å². The molecule has 5 rings (SSSR count). The highest BCUT2D eigenvalue weighted by molar-refractivity contribution is 7.89. The van der Waals surface area contributed by atoms with Gasteiger partial charge in [-0.2, -0.15) is 0 Å². The Balaban J connectivity index is 1.67. The molecule has 1 aliphatic rings. The zero-order valence-corrected chi connectivity index (χ0v) is 28.0. The molecular formula is C36H36N2O9S. The normalized spacial score (nSPS) is 16.4. The second-order valence-electron chi connectivity index (χ2n) is 11.2. The SMILES string of the molecule is COc1cc(C2=NC(Cc3ccccc3)(C(COC(=O)c3ccccc3)NS(=O)(=O)c3cc(C)ccc3C)C(=O)O2)cc(OC)c1OC. The second kappa shape index (κ2) is 14.3. The number of carbonyl (C=O) groups excluding carboxylic acids is 2. The first-order chi connectivity index (χ1) is 23.0. The van der Waals surface area contributed by atoms with Gasteiger partial charge in [0.05, 0.1) is 37.8 Å². The molecule has 0 radical (unpaired) electrons. The number of nitrogens with one attached hydrogen (secondary N) is 1. The number of esters is 2. The van der Waals surface area contributed by atoms with Crippen molar-refractivity contribution in [2.75, 3.05) is 27.9 Å². The van der Waals surface area contributed by atoms with E-state index in [0.29, 0.717) is 22.4 Å². The van der Waals surface area contributed by atoms with E-state index in [2.05, 4.69) is 4.72 Å². The molecule has 4 aromatic rings. The molecule has 0 saturated carbocycles. The predicted molar refractivity (Wildman–Crippen MR) is 178 cm³/mol. The van der Waals surface area contributed by atoms with Gasteiger partial charge in [0.15, 0.2) is 17.0 Å². The molecule has 0 aromatic heterocycles. The van der Waals surface area contributed by atoms with Gasteiger partial charge in [-0.15, -0.1) is 0 Å². The van der Waals surface area contributed by atoms with Crippen molar-refractivity contribution in [1.82, 2.24) is 4.72 Å². The van der Waals surface area contributed by atoms with Gasteiger partial charge in [-0.05, 0) is 60.9 Å². The lowest BCUT2D eigenvalue weighted by atomic mass is 9.85. The van der Waals surface area contributed by atoms with E-state index in [4.69, 9.17) is 28.7 Å². The molecule has 11 nitrogen and oxygen atoms in total. The fraction of sp³-hybridized carbons (Fsp3) is 0.250. The van der Waals surface area contributed by atoms with Crippen molar-refractivity contribution >= 4 is 27.9 Å². The summed E-state index contributed by atoms with van der Waals surface area (Å²) in [6.07, 6.45) is -0.0938. The van der Waals surface area contributed by atoms with Gasteiger partial charge in [-0.3, -0.25) is 0 Å². The largest absolute Gasteiger partial charge is 0.493 e. The van der Waals surface area contributed by atoms with Gasteiger partial charge >= 0.3 is 11.9 Å².